The second-order valence-corrected chi connectivity index (χ2v) is 4.25. The zero-order valence-corrected chi connectivity index (χ0v) is 12.2. The van der Waals surface area contributed by atoms with E-state index in [2.05, 4.69) is 31.0 Å². The number of hydrogen-bond donors (Lipinski definition) is 1. The summed E-state index contributed by atoms with van der Waals surface area (Å²) in [7, 11) is 0. The van der Waals surface area contributed by atoms with Gasteiger partial charge in [-0.3, -0.25) is 0 Å². The van der Waals surface area contributed by atoms with E-state index in [9.17, 15) is 0 Å². The topological polar surface area (TPSA) is 50.9 Å². The van der Waals surface area contributed by atoms with Crippen LogP contribution in [0.2, 0.25) is 0 Å². The van der Waals surface area contributed by atoms with Crippen LogP contribution in [-0.4, -0.2) is 30.6 Å². The molecule has 2 N–H and O–H groups in total. The van der Waals surface area contributed by atoms with Crippen molar-refractivity contribution in [1.29, 1.82) is 0 Å². The molecule has 0 spiro atoms. The third kappa shape index (κ3) is 4.91. The zero-order chi connectivity index (χ0) is 14.1. The molecule has 1 aromatic carbocycles. The molecule has 0 aliphatic rings. The molecule has 4 heteroatoms. The predicted molar refractivity (Wildman–Crippen MR) is 80.0 cm³/mol. The van der Waals surface area contributed by atoms with E-state index in [-0.39, 0.29) is 0 Å². The first-order valence-corrected chi connectivity index (χ1v) is 6.92. The van der Waals surface area contributed by atoms with E-state index in [1.165, 1.54) is 11.1 Å². The van der Waals surface area contributed by atoms with E-state index in [0.29, 0.717) is 19.1 Å². The van der Waals surface area contributed by atoms with Gasteiger partial charge in [0.2, 0.25) is 0 Å². The van der Waals surface area contributed by atoms with Gasteiger partial charge in [-0.05, 0) is 31.9 Å². The first-order valence-electron chi connectivity index (χ1n) is 6.92. The summed E-state index contributed by atoms with van der Waals surface area (Å²) in [6, 6.07) is 8.20. The number of ether oxygens (including phenoxy) is 1. The van der Waals surface area contributed by atoms with Gasteiger partial charge in [-0.1, -0.05) is 24.3 Å². The highest BCUT2D eigenvalue weighted by Gasteiger charge is 2.04. The maximum absolute atomic E-state index is 5.98. The molecular formula is C15H25N3O. The molecule has 1 aromatic rings. The summed E-state index contributed by atoms with van der Waals surface area (Å²) in [4.78, 5) is 6.52. The smallest absolute Gasteiger partial charge is 0.191 e. The first kappa shape index (κ1) is 15.5. The molecule has 0 bridgehead atoms. The van der Waals surface area contributed by atoms with Gasteiger partial charge in [-0.25, -0.2) is 4.99 Å². The Morgan fingerprint density at radius 2 is 1.79 bits per heavy atom. The van der Waals surface area contributed by atoms with Crippen LogP contribution in [0.5, 0.6) is 0 Å². The molecule has 0 unspecified atom stereocenters. The molecular weight excluding hydrogens is 238 g/mol. The van der Waals surface area contributed by atoms with Gasteiger partial charge in [0.05, 0.1) is 13.2 Å². The van der Waals surface area contributed by atoms with E-state index in [1.54, 1.807) is 0 Å². The van der Waals surface area contributed by atoms with Crippen LogP contribution < -0.4 is 5.73 Å². The average Bonchev–Trinajstić information content (AvgIpc) is 2.45. The van der Waals surface area contributed by atoms with E-state index < -0.39 is 0 Å². The lowest BCUT2D eigenvalue weighted by Crippen LogP contribution is -2.37. The summed E-state index contributed by atoms with van der Waals surface area (Å²) in [5.74, 6) is 0.608. The number of nitrogens with two attached hydrogens (primary N) is 1. The molecule has 0 aromatic heterocycles. The average molecular weight is 263 g/mol. The quantitative estimate of drug-likeness (QED) is 0.607. The lowest BCUT2D eigenvalue weighted by Gasteiger charge is -2.19. The van der Waals surface area contributed by atoms with Crippen LogP contribution in [0.15, 0.2) is 29.3 Å². The molecule has 19 heavy (non-hydrogen) atoms. The van der Waals surface area contributed by atoms with Crippen molar-refractivity contribution in [3.8, 4) is 0 Å². The number of guanidine groups is 1. The third-order valence-corrected chi connectivity index (χ3v) is 3.08. The summed E-state index contributed by atoms with van der Waals surface area (Å²) >= 11 is 0. The molecule has 0 saturated carbocycles. The fraction of sp³-hybridized carbons (Fsp3) is 0.533. The highest BCUT2D eigenvalue weighted by molar-refractivity contribution is 5.78. The number of hydrogen-bond acceptors (Lipinski definition) is 2. The van der Waals surface area contributed by atoms with Gasteiger partial charge in [0.25, 0.3) is 0 Å². The van der Waals surface area contributed by atoms with Crippen molar-refractivity contribution in [3.05, 3.63) is 35.4 Å². The van der Waals surface area contributed by atoms with E-state index in [1.807, 2.05) is 24.0 Å². The van der Waals surface area contributed by atoms with Crippen molar-refractivity contribution in [2.24, 2.45) is 10.7 Å². The minimum absolute atomic E-state index is 0.603. The monoisotopic (exact) mass is 263 g/mol. The van der Waals surface area contributed by atoms with Crippen LogP contribution in [0.3, 0.4) is 0 Å². The fourth-order valence-corrected chi connectivity index (χ4v) is 1.88. The lowest BCUT2D eigenvalue weighted by molar-refractivity contribution is 0.133. The van der Waals surface area contributed by atoms with E-state index in [0.717, 1.165) is 19.7 Å². The van der Waals surface area contributed by atoms with Crippen LogP contribution >= 0.6 is 0 Å². The minimum Gasteiger partial charge on any atom is -0.377 e. The molecule has 0 aliphatic heterocycles. The molecule has 0 atom stereocenters. The summed E-state index contributed by atoms with van der Waals surface area (Å²) in [5, 5.41) is 0. The molecule has 1 rings (SSSR count). The van der Waals surface area contributed by atoms with Crippen molar-refractivity contribution in [3.63, 3.8) is 0 Å². The Bertz CT molecular complexity index is 400. The lowest BCUT2D eigenvalue weighted by atomic mass is 10.1. The third-order valence-electron chi connectivity index (χ3n) is 3.08. The van der Waals surface area contributed by atoms with Gasteiger partial charge in [0.1, 0.15) is 0 Å². The molecule has 0 heterocycles. The fourth-order valence-electron chi connectivity index (χ4n) is 1.88. The molecule has 0 aliphatic carbocycles. The molecule has 106 valence electrons. The van der Waals surface area contributed by atoms with Crippen molar-refractivity contribution in [2.75, 3.05) is 19.7 Å². The Kier molecular flexibility index (Phi) is 6.97. The van der Waals surface area contributed by atoms with Gasteiger partial charge >= 0.3 is 0 Å². The van der Waals surface area contributed by atoms with E-state index >= 15 is 0 Å². The highest BCUT2D eigenvalue weighted by Crippen LogP contribution is 2.11. The largest absolute Gasteiger partial charge is 0.377 e. The van der Waals surface area contributed by atoms with Crippen molar-refractivity contribution < 1.29 is 4.74 Å². The minimum atomic E-state index is 0.603. The van der Waals surface area contributed by atoms with Crippen molar-refractivity contribution in [2.45, 2.75) is 33.9 Å². The molecule has 0 radical (unpaired) electrons. The van der Waals surface area contributed by atoms with Gasteiger partial charge in [-0.2, -0.15) is 0 Å². The molecule has 0 saturated heterocycles. The summed E-state index contributed by atoms with van der Waals surface area (Å²) in [6.07, 6.45) is 0. The zero-order valence-electron chi connectivity index (χ0n) is 12.2. The van der Waals surface area contributed by atoms with Crippen molar-refractivity contribution in [1.82, 2.24) is 4.90 Å². The van der Waals surface area contributed by atoms with Gasteiger partial charge in [0, 0.05) is 19.7 Å². The second kappa shape index (κ2) is 8.53. The van der Waals surface area contributed by atoms with Crippen LogP contribution in [0.25, 0.3) is 0 Å². The number of benzene rings is 1. The normalized spacial score (nSPS) is 11.6. The van der Waals surface area contributed by atoms with Crippen LogP contribution in [0.1, 0.15) is 31.9 Å². The number of aliphatic imine (C=N–C) groups is 1. The van der Waals surface area contributed by atoms with E-state index in [4.69, 9.17) is 10.5 Å². The summed E-state index contributed by atoms with van der Waals surface area (Å²) < 4.78 is 5.47. The second-order valence-electron chi connectivity index (χ2n) is 4.25. The first-order chi connectivity index (χ1) is 9.22. The Morgan fingerprint density at radius 3 is 2.37 bits per heavy atom. The molecule has 4 nitrogen and oxygen atoms in total. The number of rotatable bonds is 7. The Morgan fingerprint density at radius 1 is 1.16 bits per heavy atom. The molecule has 0 amide bonds. The molecule has 0 fully saturated rings. The standard InChI is InChI=1S/C15H25N3O/c1-4-18(5-2)15(16)17-11-13-9-7-8-10-14(13)12-19-6-3/h7-10H,4-6,11-12H2,1-3H3,(H2,16,17). The highest BCUT2D eigenvalue weighted by atomic mass is 16.5. The SMILES string of the molecule is CCOCc1ccccc1CN=C(N)N(CC)CC. The van der Waals surface area contributed by atoms with Crippen LogP contribution in [0.4, 0.5) is 0 Å². The Hall–Kier alpha value is -1.55. The van der Waals surface area contributed by atoms with Gasteiger partial charge in [0.15, 0.2) is 5.96 Å². The summed E-state index contributed by atoms with van der Waals surface area (Å²) in [5.41, 5.74) is 8.33. The van der Waals surface area contributed by atoms with Crippen LogP contribution in [-0.2, 0) is 17.9 Å². The predicted octanol–water partition coefficient (Wildman–Crippen LogP) is 2.38. The Labute approximate surface area is 116 Å². The maximum atomic E-state index is 5.98. The summed E-state index contributed by atoms with van der Waals surface area (Å²) in [6.45, 7) is 9.87. The van der Waals surface area contributed by atoms with Gasteiger partial charge in [-0.15, -0.1) is 0 Å². The van der Waals surface area contributed by atoms with Crippen LogP contribution in [0, 0.1) is 0 Å². The Balaban J connectivity index is 2.73. The maximum Gasteiger partial charge on any atom is 0.191 e. The van der Waals surface area contributed by atoms with Crippen molar-refractivity contribution >= 4 is 5.96 Å². The number of nitrogens with zero attached hydrogens (tertiary/aromatic N) is 2. The van der Waals surface area contributed by atoms with Gasteiger partial charge < -0.3 is 15.4 Å².